The highest BCUT2D eigenvalue weighted by Gasteiger charge is 2.20. The molecule has 1 aliphatic rings. The van der Waals surface area contributed by atoms with Crippen molar-refractivity contribution in [2.75, 3.05) is 18.8 Å². The second-order valence-corrected chi connectivity index (χ2v) is 8.41. The lowest BCUT2D eigenvalue weighted by molar-refractivity contribution is 0.0923. The van der Waals surface area contributed by atoms with Crippen LogP contribution in [0, 0.1) is 5.82 Å². The van der Waals surface area contributed by atoms with Crippen molar-refractivity contribution in [1.29, 1.82) is 0 Å². The van der Waals surface area contributed by atoms with Crippen molar-refractivity contribution in [3.05, 3.63) is 76.3 Å². The number of benzene rings is 2. The van der Waals surface area contributed by atoms with E-state index in [1.165, 1.54) is 24.4 Å². The van der Waals surface area contributed by atoms with E-state index in [2.05, 4.69) is 25.9 Å². The maximum absolute atomic E-state index is 13.2. The number of hydrogen-bond donors (Lipinski definition) is 4. The second kappa shape index (κ2) is 10.6. The van der Waals surface area contributed by atoms with Crippen molar-refractivity contribution in [3.63, 3.8) is 0 Å². The Morgan fingerprint density at radius 2 is 2.06 bits per heavy atom. The van der Waals surface area contributed by atoms with Crippen LogP contribution in [0.25, 0.3) is 11.3 Å². The summed E-state index contributed by atoms with van der Waals surface area (Å²) in [6, 6.07) is 10.8. The van der Waals surface area contributed by atoms with Gasteiger partial charge in [-0.15, -0.1) is 0 Å². The quantitative estimate of drug-likeness (QED) is 0.428. The number of anilines is 1. The van der Waals surface area contributed by atoms with Crippen LogP contribution in [0.15, 0.2) is 48.7 Å². The van der Waals surface area contributed by atoms with Crippen LogP contribution in [-0.4, -0.2) is 40.9 Å². The molecule has 8 nitrogen and oxygen atoms in total. The van der Waals surface area contributed by atoms with E-state index >= 15 is 0 Å². The Balaban J connectivity index is 1.48. The standard InChI is InChI=1S/C24H24ClFN6O2/c25-19-10-17(26)7-6-16(19)11-30-23(33)15-4-1-3-14(9-15)20-13-29-22(27)21(32-20)24(34)31-18-5-2-8-28-12-18/h1,3-4,6-7,9-10,13,18,28H,2,5,8,11-12H2,(H2,27,29)(H,30,33)(H,31,34). The number of nitrogen functional groups attached to an aromatic ring is 1. The summed E-state index contributed by atoms with van der Waals surface area (Å²) in [5.41, 5.74) is 7.96. The molecule has 2 aromatic carbocycles. The molecule has 4 rings (SSSR count). The van der Waals surface area contributed by atoms with Gasteiger partial charge in [0, 0.05) is 35.3 Å². The van der Waals surface area contributed by atoms with Gasteiger partial charge in [0.15, 0.2) is 11.5 Å². The van der Waals surface area contributed by atoms with Gasteiger partial charge in [-0.05, 0) is 49.2 Å². The lowest BCUT2D eigenvalue weighted by Gasteiger charge is -2.23. The number of hydrogen-bond acceptors (Lipinski definition) is 6. The molecule has 1 unspecified atom stereocenters. The lowest BCUT2D eigenvalue weighted by Crippen LogP contribution is -2.46. The summed E-state index contributed by atoms with van der Waals surface area (Å²) >= 11 is 6.03. The van der Waals surface area contributed by atoms with Crippen LogP contribution in [0.2, 0.25) is 5.02 Å². The second-order valence-electron chi connectivity index (χ2n) is 8.01. The Bertz CT molecular complexity index is 1220. The minimum atomic E-state index is -0.444. The summed E-state index contributed by atoms with van der Waals surface area (Å²) in [6.07, 6.45) is 3.32. The van der Waals surface area contributed by atoms with Gasteiger partial charge in [0.05, 0.1) is 11.9 Å². The van der Waals surface area contributed by atoms with Gasteiger partial charge in [0.2, 0.25) is 0 Å². The molecule has 0 radical (unpaired) electrons. The van der Waals surface area contributed by atoms with Crippen LogP contribution in [-0.2, 0) is 6.54 Å². The SMILES string of the molecule is Nc1ncc(-c2cccc(C(=O)NCc3ccc(F)cc3Cl)c2)nc1C(=O)NC1CCCNC1. The number of nitrogens with two attached hydrogens (primary N) is 1. The number of carbonyl (C=O) groups is 2. The molecule has 10 heteroatoms. The zero-order chi connectivity index (χ0) is 24.1. The van der Waals surface area contributed by atoms with Crippen LogP contribution in [0.5, 0.6) is 0 Å². The number of piperidine rings is 1. The van der Waals surface area contributed by atoms with Gasteiger partial charge in [-0.3, -0.25) is 9.59 Å². The highest BCUT2D eigenvalue weighted by atomic mass is 35.5. The molecule has 1 aliphatic heterocycles. The van der Waals surface area contributed by atoms with Crippen LogP contribution in [0.4, 0.5) is 10.2 Å². The zero-order valence-electron chi connectivity index (χ0n) is 18.3. The first kappa shape index (κ1) is 23.6. The topological polar surface area (TPSA) is 122 Å². The number of rotatable bonds is 6. The molecular weight excluding hydrogens is 459 g/mol. The van der Waals surface area contributed by atoms with Gasteiger partial charge in [-0.25, -0.2) is 14.4 Å². The van der Waals surface area contributed by atoms with Gasteiger partial charge in [-0.2, -0.15) is 0 Å². The van der Waals surface area contributed by atoms with E-state index in [9.17, 15) is 14.0 Å². The number of nitrogens with zero attached hydrogens (tertiary/aromatic N) is 2. The average Bonchev–Trinajstić information content (AvgIpc) is 2.84. The van der Waals surface area contributed by atoms with Crippen LogP contribution in [0.3, 0.4) is 0 Å². The summed E-state index contributed by atoms with van der Waals surface area (Å²) in [5.74, 6) is -1.13. The van der Waals surface area contributed by atoms with E-state index in [1.54, 1.807) is 24.3 Å². The fourth-order valence-corrected chi connectivity index (χ4v) is 3.93. The van der Waals surface area contributed by atoms with Crippen molar-refractivity contribution >= 4 is 29.2 Å². The molecule has 0 saturated carbocycles. The van der Waals surface area contributed by atoms with Crippen molar-refractivity contribution in [3.8, 4) is 11.3 Å². The van der Waals surface area contributed by atoms with E-state index in [0.29, 0.717) is 28.9 Å². The van der Waals surface area contributed by atoms with Crippen molar-refractivity contribution in [2.45, 2.75) is 25.4 Å². The highest BCUT2D eigenvalue weighted by molar-refractivity contribution is 6.31. The van der Waals surface area contributed by atoms with Crippen LogP contribution >= 0.6 is 11.6 Å². The molecule has 34 heavy (non-hydrogen) atoms. The largest absolute Gasteiger partial charge is 0.382 e. The smallest absolute Gasteiger partial charge is 0.274 e. The molecule has 176 valence electrons. The van der Waals surface area contributed by atoms with Gasteiger partial charge in [-0.1, -0.05) is 29.8 Å². The molecule has 1 saturated heterocycles. The monoisotopic (exact) mass is 482 g/mol. The predicted molar refractivity (Wildman–Crippen MR) is 128 cm³/mol. The van der Waals surface area contributed by atoms with Gasteiger partial charge >= 0.3 is 0 Å². The minimum Gasteiger partial charge on any atom is -0.382 e. The lowest BCUT2D eigenvalue weighted by atomic mass is 10.1. The first-order valence-electron chi connectivity index (χ1n) is 10.9. The molecule has 3 aromatic rings. The van der Waals surface area contributed by atoms with Crippen LogP contribution < -0.4 is 21.7 Å². The molecule has 1 atom stereocenters. The molecule has 5 N–H and O–H groups in total. The van der Waals surface area contributed by atoms with E-state index in [0.717, 1.165) is 19.4 Å². The fraction of sp³-hybridized carbons (Fsp3) is 0.250. The molecule has 0 aliphatic carbocycles. The van der Waals surface area contributed by atoms with E-state index in [4.69, 9.17) is 17.3 Å². The number of carbonyl (C=O) groups excluding carboxylic acids is 2. The Morgan fingerprint density at radius 3 is 2.82 bits per heavy atom. The van der Waals surface area contributed by atoms with E-state index < -0.39 is 5.82 Å². The van der Waals surface area contributed by atoms with Gasteiger partial charge < -0.3 is 21.7 Å². The van der Waals surface area contributed by atoms with Crippen molar-refractivity contribution < 1.29 is 14.0 Å². The van der Waals surface area contributed by atoms with Gasteiger partial charge in [0.25, 0.3) is 11.8 Å². The van der Waals surface area contributed by atoms with E-state index in [-0.39, 0.29) is 40.9 Å². The maximum Gasteiger partial charge on any atom is 0.274 e. The number of aromatic nitrogens is 2. The molecule has 0 spiro atoms. The minimum absolute atomic E-state index is 0.00717. The molecule has 2 heterocycles. The summed E-state index contributed by atoms with van der Waals surface area (Å²) in [7, 11) is 0. The van der Waals surface area contributed by atoms with E-state index in [1.807, 2.05) is 0 Å². The predicted octanol–water partition coefficient (Wildman–Crippen LogP) is 2.93. The first-order chi connectivity index (χ1) is 16.4. The number of nitrogens with one attached hydrogen (secondary N) is 3. The third-order valence-corrected chi connectivity index (χ3v) is 5.87. The Labute approximate surface area is 201 Å². The Hall–Kier alpha value is -3.56. The Morgan fingerprint density at radius 1 is 1.21 bits per heavy atom. The number of halogens is 2. The van der Waals surface area contributed by atoms with Crippen molar-refractivity contribution in [2.24, 2.45) is 0 Å². The summed E-state index contributed by atoms with van der Waals surface area (Å²) in [5, 5.41) is 9.19. The molecule has 0 bridgehead atoms. The summed E-state index contributed by atoms with van der Waals surface area (Å²) in [6.45, 7) is 1.77. The van der Waals surface area contributed by atoms with Crippen LogP contribution in [0.1, 0.15) is 39.3 Å². The molecule has 2 amide bonds. The third kappa shape index (κ3) is 5.67. The first-order valence-corrected chi connectivity index (χ1v) is 11.2. The number of amides is 2. The normalized spacial score (nSPS) is 15.5. The fourth-order valence-electron chi connectivity index (χ4n) is 3.70. The Kier molecular flexibility index (Phi) is 7.34. The third-order valence-electron chi connectivity index (χ3n) is 5.52. The summed E-state index contributed by atoms with van der Waals surface area (Å²) < 4.78 is 13.2. The zero-order valence-corrected chi connectivity index (χ0v) is 19.0. The maximum atomic E-state index is 13.2. The average molecular weight is 483 g/mol. The molecule has 1 aromatic heterocycles. The van der Waals surface area contributed by atoms with Crippen molar-refractivity contribution in [1.82, 2.24) is 25.9 Å². The molecule has 1 fully saturated rings. The summed E-state index contributed by atoms with van der Waals surface area (Å²) in [4.78, 5) is 34.0. The highest BCUT2D eigenvalue weighted by Crippen LogP contribution is 2.21. The molecular formula is C24H24ClFN6O2. The van der Waals surface area contributed by atoms with Gasteiger partial charge in [0.1, 0.15) is 5.82 Å².